The molecule has 2 aromatic carbocycles. The summed E-state index contributed by atoms with van der Waals surface area (Å²) in [6, 6.07) is 18.1. The summed E-state index contributed by atoms with van der Waals surface area (Å²) >= 11 is 0. The summed E-state index contributed by atoms with van der Waals surface area (Å²) in [5, 5.41) is 2.28. The lowest BCUT2D eigenvalue weighted by Gasteiger charge is -2.30. The third-order valence-electron chi connectivity index (χ3n) is 3.92. The molecule has 2 N–H and O–H groups in total. The SMILES string of the molecule is CCOc1ccccc1O[C@@H](c1ccccc1)[C@@H]1C[NH2+]CCO1. The third-order valence-corrected chi connectivity index (χ3v) is 3.92. The van der Waals surface area contributed by atoms with Gasteiger partial charge in [0.05, 0.1) is 19.8 Å². The fraction of sp³-hybridized carbons (Fsp3) is 0.368. The fourth-order valence-corrected chi connectivity index (χ4v) is 2.82. The average Bonchev–Trinajstić information content (AvgIpc) is 2.63. The van der Waals surface area contributed by atoms with Gasteiger partial charge in [-0.25, -0.2) is 0 Å². The van der Waals surface area contributed by atoms with Crippen molar-refractivity contribution in [3.05, 3.63) is 60.2 Å². The van der Waals surface area contributed by atoms with Crippen molar-refractivity contribution in [1.82, 2.24) is 0 Å². The zero-order valence-electron chi connectivity index (χ0n) is 13.5. The van der Waals surface area contributed by atoms with E-state index in [-0.39, 0.29) is 12.2 Å². The van der Waals surface area contributed by atoms with Gasteiger partial charge in [-0.15, -0.1) is 0 Å². The highest BCUT2D eigenvalue weighted by Gasteiger charge is 2.30. The second-order valence-corrected chi connectivity index (χ2v) is 5.55. The highest BCUT2D eigenvalue weighted by molar-refractivity contribution is 5.40. The van der Waals surface area contributed by atoms with Crippen LogP contribution in [-0.4, -0.2) is 32.4 Å². The van der Waals surface area contributed by atoms with Crippen LogP contribution in [0, 0.1) is 0 Å². The first-order valence-electron chi connectivity index (χ1n) is 8.25. The van der Waals surface area contributed by atoms with E-state index in [1.54, 1.807) is 0 Å². The molecule has 23 heavy (non-hydrogen) atoms. The van der Waals surface area contributed by atoms with E-state index in [1.807, 2.05) is 49.4 Å². The molecule has 0 spiro atoms. The van der Waals surface area contributed by atoms with Crippen LogP contribution in [0.5, 0.6) is 11.5 Å². The van der Waals surface area contributed by atoms with Crippen LogP contribution < -0.4 is 14.8 Å². The molecule has 0 amide bonds. The summed E-state index contributed by atoms with van der Waals surface area (Å²) in [6.07, 6.45) is -0.116. The normalized spacial score (nSPS) is 19.1. The molecule has 1 fully saturated rings. The van der Waals surface area contributed by atoms with Crippen molar-refractivity contribution in [2.75, 3.05) is 26.3 Å². The predicted molar refractivity (Wildman–Crippen MR) is 88.8 cm³/mol. The van der Waals surface area contributed by atoms with Gasteiger partial charge in [-0.2, -0.15) is 0 Å². The number of ether oxygens (including phenoxy) is 3. The Hall–Kier alpha value is -2.04. The molecule has 0 saturated carbocycles. The van der Waals surface area contributed by atoms with E-state index in [9.17, 15) is 0 Å². The lowest BCUT2D eigenvalue weighted by molar-refractivity contribution is -0.678. The molecule has 2 aromatic rings. The molecule has 0 unspecified atom stereocenters. The topological polar surface area (TPSA) is 44.3 Å². The monoisotopic (exact) mass is 314 g/mol. The van der Waals surface area contributed by atoms with Crippen molar-refractivity contribution in [2.45, 2.75) is 19.1 Å². The first kappa shape index (κ1) is 15.8. The summed E-state index contributed by atoms with van der Waals surface area (Å²) in [5.74, 6) is 1.54. The van der Waals surface area contributed by atoms with Gasteiger partial charge in [-0.05, 0) is 24.6 Å². The van der Waals surface area contributed by atoms with Gasteiger partial charge in [0.2, 0.25) is 0 Å². The number of benzene rings is 2. The standard InChI is InChI=1S/C19H23NO3/c1-2-21-16-10-6-7-11-17(16)23-19(15-8-4-3-5-9-15)18-14-20-12-13-22-18/h3-11,18-20H,2,12-14H2,1H3/p+1/t18-,19-/m0/s1. The van der Waals surface area contributed by atoms with Gasteiger partial charge in [-0.1, -0.05) is 42.5 Å². The molecule has 2 atom stereocenters. The zero-order valence-corrected chi connectivity index (χ0v) is 13.5. The van der Waals surface area contributed by atoms with Crippen LogP contribution in [-0.2, 0) is 4.74 Å². The van der Waals surface area contributed by atoms with Crippen molar-refractivity contribution >= 4 is 0 Å². The van der Waals surface area contributed by atoms with Crippen molar-refractivity contribution in [3.63, 3.8) is 0 Å². The molecule has 4 nitrogen and oxygen atoms in total. The molecule has 1 heterocycles. The van der Waals surface area contributed by atoms with E-state index >= 15 is 0 Å². The third kappa shape index (κ3) is 4.03. The van der Waals surface area contributed by atoms with Gasteiger partial charge in [0.1, 0.15) is 12.6 Å². The maximum Gasteiger partial charge on any atom is 0.162 e. The van der Waals surface area contributed by atoms with Crippen LogP contribution in [0.25, 0.3) is 0 Å². The van der Waals surface area contributed by atoms with Gasteiger partial charge < -0.3 is 19.5 Å². The number of rotatable bonds is 6. The quantitative estimate of drug-likeness (QED) is 0.889. The maximum absolute atomic E-state index is 6.35. The lowest BCUT2D eigenvalue weighted by atomic mass is 10.0. The maximum atomic E-state index is 6.35. The van der Waals surface area contributed by atoms with Crippen LogP contribution in [0.15, 0.2) is 54.6 Å². The largest absolute Gasteiger partial charge is 0.490 e. The van der Waals surface area contributed by atoms with Crippen LogP contribution >= 0.6 is 0 Å². The Morgan fingerprint density at radius 3 is 2.52 bits per heavy atom. The molecule has 1 aliphatic rings. The number of para-hydroxylation sites is 2. The Balaban J connectivity index is 1.86. The number of hydrogen-bond acceptors (Lipinski definition) is 3. The fourth-order valence-electron chi connectivity index (χ4n) is 2.82. The molecule has 4 heteroatoms. The van der Waals surface area contributed by atoms with E-state index < -0.39 is 0 Å². The van der Waals surface area contributed by atoms with Crippen LogP contribution in [0.4, 0.5) is 0 Å². The predicted octanol–water partition coefficient (Wildman–Crippen LogP) is 2.17. The minimum atomic E-state index is -0.144. The van der Waals surface area contributed by atoms with Gasteiger partial charge in [0.25, 0.3) is 0 Å². The molecular weight excluding hydrogens is 290 g/mol. The molecule has 0 aliphatic carbocycles. The summed E-state index contributed by atoms with van der Waals surface area (Å²) in [4.78, 5) is 0. The summed E-state index contributed by atoms with van der Waals surface area (Å²) in [6.45, 7) is 5.25. The van der Waals surface area contributed by atoms with E-state index in [2.05, 4.69) is 17.4 Å². The van der Waals surface area contributed by atoms with E-state index in [4.69, 9.17) is 14.2 Å². The second kappa shape index (κ2) is 7.99. The molecule has 0 bridgehead atoms. The van der Waals surface area contributed by atoms with Gasteiger partial charge in [0, 0.05) is 0 Å². The molecule has 3 rings (SSSR count). The number of hydrogen-bond donors (Lipinski definition) is 1. The van der Waals surface area contributed by atoms with Gasteiger partial charge in [0.15, 0.2) is 17.6 Å². The summed E-state index contributed by atoms with van der Waals surface area (Å²) < 4.78 is 18.0. The molecule has 1 saturated heterocycles. The highest BCUT2D eigenvalue weighted by Crippen LogP contribution is 2.33. The van der Waals surface area contributed by atoms with E-state index in [0.29, 0.717) is 6.61 Å². The minimum Gasteiger partial charge on any atom is -0.490 e. The number of morpholine rings is 1. The number of quaternary nitrogens is 1. The smallest absolute Gasteiger partial charge is 0.162 e. The minimum absolute atomic E-state index is 0.0285. The van der Waals surface area contributed by atoms with Gasteiger partial charge in [-0.3, -0.25) is 0 Å². The van der Waals surface area contributed by atoms with Crippen molar-refractivity contribution in [2.24, 2.45) is 0 Å². The molecular formula is C19H24NO3+. The molecule has 122 valence electrons. The lowest BCUT2D eigenvalue weighted by Crippen LogP contribution is -2.90. The van der Waals surface area contributed by atoms with Crippen LogP contribution in [0.3, 0.4) is 0 Å². The second-order valence-electron chi connectivity index (χ2n) is 5.55. The Kier molecular flexibility index (Phi) is 5.51. The van der Waals surface area contributed by atoms with Crippen LogP contribution in [0.2, 0.25) is 0 Å². The average molecular weight is 314 g/mol. The first-order chi connectivity index (χ1) is 11.4. The van der Waals surface area contributed by atoms with Crippen molar-refractivity contribution in [1.29, 1.82) is 0 Å². The molecule has 1 aliphatic heterocycles. The molecule has 0 radical (unpaired) electrons. The Morgan fingerprint density at radius 2 is 1.83 bits per heavy atom. The van der Waals surface area contributed by atoms with Crippen molar-refractivity contribution in [3.8, 4) is 11.5 Å². The Morgan fingerprint density at radius 1 is 1.09 bits per heavy atom. The Bertz CT molecular complexity index is 597. The first-order valence-corrected chi connectivity index (χ1v) is 8.25. The van der Waals surface area contributed by atoms with E-state index in [1.165, 1.54) is 0 Å². The van der Waals surface area contributed by atoms with Crippen molar-refractivity contribution < 1.29 is 19.5 Å². The zero-order chi connectivity index (χ0) is 15.9. The highest BCUT2D eigenvalue weighted by atomic mass is 16.6. The van der Waals surface area contributed by atoms with E-state index in [0.717, 1.165) is 36.8 Å². The van der Waals surface area contributed by atoms with Gasteiger partial charge >= 0.3 is 0 Å². The number of nitrogens with two attached hydrogens (primary N) is 1. The molecule has 0 aromatic heterocycles. The summed E-state index contributed by atoms with van der Waals surface area (Å²) in [7, 11) is 0. The van der Waals surface area contributed by atoms with Crippen LogP contribution in [0.1, 0.15) is 18.6 Å². The Labute approximate surface area is 137 Å². The summed E-state index contributed by atoms with van der Waals surface area (Å²) in [5.41, 5.74) is 1.12.